The van der Waals surface area contributed by atoms with Crippen LogP contribution in [0.4, 0.5) is 23.2 Å². The fourth-order valence-corrected chi connectivity index (χ4v) is 3.26. The third-order valence-electron chi connectivity index (χ3n) is 3.99. The normalized spacial score (nSPS) is 11.5. The first-order valence-electron chi connectivity index (χ1n) is 8.07. The summed E-state index contributed by atoms with van der Waals surface area (Å²) in [7, 11) is 0. The monoisotopic (exact) mass is 455 g/mol. The summed E-state index contributed by atoms with van der Waals surface area (Å²) in [5.74, 6) is -1.24. The molecule has 0 radical (unpaired) electrons. The summed E-state index contributed by atoms with van der Waals surface area (Å²) in [6.07, 6.45) is -4.58. The molecule has 3 rings (SSSR count). The van der Waals surface area contributed by atoms with Crippen LogP contribution in [0.2, 0.25) is 0 Å². The highest BCUT2D eigenvalue weighted by Crippen LogP contribution is 2.34. The number of amides is 1. The van der Waals surface area contributed by atoms with Crippen LogP contribution in [0.1, 0.15) is 27.3 Å². The van der Waals surface area contributed by atoms with Crippen molar-refractivity contribution in [1.82, 2.24) is 9.78 Å². The van der Waals surface area contributed by atoms with E-state index in [0.29, 0.717) is 11.4 Å². The molecule has 0 spiro atoms. The first-order valence-corrected chi connectivity index (χ1v) is 8.87. The van der Waals surface area contributed by atoms with Gasteiger partial charge in [-0.15, -0.1) is 0 Å². The Balaban J connectivity index is 2.08. The van der Waals surface area contributed by atoms with Crippen molar-refractivity contribution in [2.75, 3.05) is 5.32 Å². The van der Waals surface area contributed by atoms with Crippen LogP contribution in [0, 0.1) is 19.7 Å². The number of hydrogen-bond acceptors (Lipinski definition) is 2. The van der Waals surface area contributed by atoms with E-state index in [9.17, 15) is 22.4 Å². The third kappa shape index (κ3) is 4.09. The molecule has 0 aliphatic carbocycles. The van der Waals surface area contributed by atoms with Crippen LogP contribution in [-0.4, -0.2) is 15.7 Å². The predicted octanol–water partition coefficient (Wildman–Crippen LogP) is 5.66. The van der Waals surface area contributed by atoms with Gasteiger partial charge in [0.25, 0.3) is 5.91 Å². The summed E-state index contributed by atoms with van der Waals surface area (Å²) in [5.41, 5.74) is 0.753. The highest BCUT2D eigenvalue weighted by Gasteiger charge is 2.31. The van der Waals surface area contributed by atoms with Gasteiger partial charge in [0.2, 0.25) is 0 Å². The van der Waals surface area contributed by atoms with Crippen LogP contribution < -0.4 is 5.32 Å². The third-order valence-corrected chi connectivity index (χ3v) is 4.64. The number of hydrogen-bond donors (Lipinski definition) is 1. The number of nitrogens with zero attached hydrogens (tertiary/aromatic N) is 2. The van der Waals surface area contributed by atoms with Gasteiger partial charge in [0, 0.05) is 10.2 Å². The molecule has 0 saturated carbocycles. The zero-order valence-electron chi connectivity index (χ0n) is 14.7. The topological polar surface area (TPSA) is 46.9 Å². The van der Waals surface area contributed by atoms with Crippen LogP contribution in [0.3, 0.4) is 0 Å². The molecule has 1 heterocycles. The Hall–Kier alpha value is -2.68. The Morgan fingerprint density at radius 1 is 1.11 bits per heavy atom. The molecule has 0 fully saturated rings. The van der Waals surface area contributed by atoms with Crippen molar-refractivity contribution >= 4 is 27.5 Å². The highest BCUT2D eigenvalue weighted by molar-refractivity contribution is 9.10. The van der Waals surface area contributed by atoms with E-state index in [1.165, 1.54) is 16.8 Å². The maximum Gasteiger partial charge on any atom is 0.416 e. The lowest BCUT2D eigenvalue weighted by atomic mass is 10.1. The van der Waals surface area contributed by atoms with Crippen LogP contribution in [0.25, 0.3) is 5.69 Å². The van der Waals surface area contributed by atoms with E-state index in [1.54, 1.807) is 19.9 Å². The van der Waals surface area contributed by atoms with E-state index in [1.807, 2.05) is 0 Å². The molecule has 1 aromatic heterocycles. The van der Waals surface area contributed by atoms with Crippen molar-refractivity contribution in [3.63, 3.8) is 0 Å². The minimum atomic E-state index is -4.58. The molecule has 9 heteroatoms. The summed E-state index contributed by atoms with van der Waals surface area (Å²) in [6.45, 7) is 3.50. The first-order chi connectivity index (χ1) is 13.1. The van der Waals surface area contributed by atoms with Crippen molar-refractivity contribution in [2.24, 2.45) is 0 Å². The molecule has 146 valence electrons. The number of rotatable bonds is 3. The number of nitrogens with one attached hydrogen (secondary N) is 1. The van der Waals surface area contributed by atoms with E-state index in [-0.39, 0.29) is 21.4 Å². The Kier molecular flexibility index (Phi) is 5.29. The number of benzene rings is 2. The molecule has 3 aromatic rings. The van der Waals surface area contributed by atoms with E-state index < -0.39 is 23.5 Å². The van der Waals surface area contributed by atoms with Crippen molar-refractivity contribution in [1.29, 1.82) is 0 Å². The van der Waals surface area contributed by atoms with Crippen LogP contribution in [0.15, 0.2) is 46.9 Å². The number of halogens is 5. The zero-order valence-corrected chi connectivity index (χ0v) is 16.3. The van der Waals surface area contributed by atoms with Gasteiger partial charge >= 0.3 is 6.18 Å². The number of aryl methyl sites for hydroxylation is 2. The minimum absolute atomic E-state index is 0.0674. The fourth-order valence-electron chi connectivity index (χ4n) is 2.73. The lowest BCUT2D eigenvalue weighted by molar-refractivity contribution is -0.137. The summed E-state index contributed by atoms with van der Waals surface area (Å²) in [5, 5.41) is 6.75. The van der Waals surface area contributed by atoms with Crippen molar-refractivity contribution in [3.8, 4) is 5.69 Å². The molecule has 1 N–H and O–H groups in total. The molecule has 0 atom stereocenters. The molecule has 0 bridgehead atoms. The molecule has 0 saturated heterocycles. The van der Waals surface area contributed by atoms with Gasteiger partial charge in [0.15, 0.2) is 0 Å². The smallest absolute Gasteiger partial charge is 0.320 e. The second-order valence-corrected chi connectivity index (χ2v) is 7.00. The Morgan fingerprint density at radius 2 is 1.82 bits per heavy atom. The van der Waals surface area contributed by atoms with Gasteiger partial charge in [0.1, 0.15) is 5.82 Å². The average molecular weight is 456 g/mol. The fraction of sp³-hybridized carbons (Fsp3) is 0.158. The first kappa shape index (κ1) is 20.1. The molecular formula is C19H14BrF4N3O. The molecule has 0 aliphatic heterocycles. The number of alkyl halides is 3. The Labute approximate surface area is 166 Å². The second-order valence-electron chi connectivity index (χ2n) is 6.15. The molecular weight excluding hydrogens is 442 g/mol. The molecule has 0 aliphatic rings. The van der Waals surface area contributed by atoms with E-state index in [2.05, 4.69) is 26.3 Å². The largest absolute Gasteiger partial charge is 0.416 e. The summed E-state index contributed by atoms with van der Waals surface area (Å²) >= 11 is 3.09. The van der Waals surface area contributed by atoms with Crippen molar-refractivity contribution in [2.45, 2.75) is 20.0 Å². The molecule has 1 amide bonds. The average Bonchev–Trinajstić information content (AvgIpc) is 2.92. The van der Waals surface area contributed by atoms with E-state index in [0.717, 1.165) is 24.3 Å². The summed E-state index contributed by atoms with van der Waals surface area (Å²) in [6, 6.07) is 8.22. The summed E-state index contributed by atoms with van der Waals surface area (Å²) < 4.78 is 54.4. The SMILES string of the molecule is Cc1cc(C)n(-c2ccc(C(F)(F)F)cc2NC(=O)c2ccc(F)cc2Br)n1. The van der Waals surface area contributed by atoms with Crippen LogP contribution in [-0.2, 0) is 6.18 Å². The lowest BCUT2D eigenvalue weighted by Gasteiger charge is -2.16. The number of anilines is 1. The number of carbonyl (C=O) groups is 1. The van der Waals surface area contributed by atoms with Crippen molar-refractivity contribution in [3.05, 3.63) is 75.3 Å². The van der Waals surface area contributed by atoms with Gasteiger partial charge in [-0.25, -0.2) is 9.07 Å². The second kappa shape index (κ2) is 7.38. The number of carbonyl (C=O) groups excluding carboxylic acids is 1. The maximum absolute atomic E-state index is 13.3. The molecule has 28 heavy (non-hydrogen) atoms. The van der Waals surface area contributed by atoms with Gasteiger partial charge in [-0.05, 0) is 72.2 Å². The van der Waals surface area contributed by atoms with Gasteiger partial charge in [-0.2, -0.15) is 18.3 Å². The summed E-state index contributed by atoms with van der Waals surface area (Å²) in [4.78, 5) is 12.6. The molecule has 0 unspecified atom stereocenters. The van der Waals surface area contributed by atoms with Crippen LogP contribution in [0.5, 0.6) is 0 Å². The molecule has 4 nitrogen and oxygen atoms in total. The van der Waals surface area contributed by atoms with Crippen molar-refractivity contribution < 1.29 is 22.4 Å². The molecule has 2 aromatic carbocycles. The maximum atomic E-state index is 13.3. The van der Waals surface area contributed by atoms with Gasteiger partial charge in [-0.3, -0.25) is 4.79 Å². The van der Waals surface area contributed by atoms with Gasteiger partial charge < -0.3 is 5.32 Å². The quantitative estimate of drug-likeness (QED) is 0.517. The standard InChI is InChI=1S/C19H14BrF4N3O/c1-10-7-11(2)27(26-10)17-6-3-12(19(22,23)24)8-16(17)25-18(28)14-5-4-13(21)9-15(14)20/h3-9H,1-2H3,(H,25,28). The van der Waals surface area contributed by atoms with E-state index >= 15 is 0 Å². The zero-order chi connectivity index (χ0) is 20.6. The van der Waals surface area contributed by atoms with Gasteiger partial charge in [0.05, 0.1) is 28.2 Å². The predicted molar refractivity (Wildman–Crippen MR) is 100 cm³/mol. The Bertz CT molecular complexity index is 1060. The number of aromatic nitrogens is 2. The Morgan fingerprint density at radius 3 is 2.39 bits per heavy atom. The van der Waals surface area contributed by atoms with Gasteiger partial charge in [-0.1, -0.05) is 0 Å². The van der Waals surface area contributed by atoms with E-state index in [4.69, 9.17) is 0 Å². The highest BCUT2D eigenvalue weighted by atomic mass is 79.9. The lowest BCUT2D eigenvalue weighted by Crippen LogP contribution is -2.16. The minimum Gasteiger partial charge on any atom is -0.320 e. The van der Waals surface area contributed by atoms with Crippen LogP contribution >= 0.6 is 15.9 Å².